The first-order valence-electron chi connectivity index (χ1n) is 5.35. The lowest BCUT2D eigenvalue weighted by molar-refractivity contribution is -0.138. The third-order valence-corrected chi connectivity index (χ3v) is 3.62. The zero-order valence-corrected chi connectivity index (χ0v) is 10.3. The second kappa shape index (κ2) is 5.10. The molecule has 0 aliphatic heterocycles. The molecule has 0 saturated carbocycles. The van der Waals surface area contributed by atoms with E-state index in [1.807, 2.05) is 36.6 Å². The highest BCUT2D eigenvalue weighted by Crippen LogP contribution is 2.24. The van der Waals surface area contributed by atoms with Gasteiger partial charge < -0.3 is 5.11 Å². The molecule has 17 heavy (non-hydrogen) atoms. The number of carbonyl (C=O) groups is 1. The second-order valence-corrected chi connectivity index (χ2v) is 4.82. The summed E-state index contributed by atoms with van der Waals surface area (Å²) < 4.78 is 0. The Balaban J connectivity index is 2.26. The Morgan fingerprint density at radius 3 is 2.82 bits per heavy atom. The molecule has 0 amide bonds. The van der Waals surface area contributed by atoms with Crippen molar-refractivity contribution in [3.63, 3.8) is 0 Å². The van der Waals surface area contributed by atoms with Gasteiger partial charge >= 0.3 is 5.97 Å². The van der Waals surface area contributed by atoms with Crippen molar-refractivity contribution in [2.45, 2.75) is 19.3 Å². The smallest absolute Gasteiger partial charge is 0.313 e. The number of hydrogen-bond donors (Lipinski definition) is 1. The van der Waals surface area contributed by atoms with Gasteiger partial charge in [0.1, 0.15) is 10.9 Å². The van der Waals surface area contributed by atoms with Crippen LogP contribution in [0.3, 0.4) is 0 Å². The number of hydrogen-bond acceptors (Lipinski definition) is 3. The van der Waals surface area contributed by atoms with Gasteiger partial charge in [-0.25, -0.2) is 4.98 Å². The van der Waals surface area contributed by atoms with Gasteiger partial charge in [0, 0.05) is 11.6 Å². The summed E-state index contributed by atoms with van der Waals surface area (Å²) in [5.41, 5.74) is 2.19. The fourth-order valence-corrected chi connectivity index (χ4v) is 2.48. The van der Waals surface area contributed by atoms with Gasteiger partial charge in [-0.05, 0) is 24.5 Å². The molecule has 1 aromatic carbocycles. The number of thiazole rings is 1. The number of aliphatic carboxylic acids is 1. The van der Waals surface area contributed by atoms with Gasteiger partial charge in [-0.15, -0.1) is 11.3 Å². The highest BCUT2D eigenvalue weighted by molar-refractivity contribution is 7.09. The SMILES string of the molecule is Cc1ccccc1CC(C(=O)O)c1nccs1. The van der Waals surface area contributed by atoms with Crippen molar-refractivity contribution in [2.75, 3.05) is 0 Å². The number of aromatic nitrogens is 1. The van der Waals surface area contributed by atoms with E-state index >= 15 is 0 Å². The lowest BCUT2D eigenvalue weighted by Crippen LogP contribution is -2.14. The monoisotopic (exact) mass is 247 g/mol. The fourth-order valence-electron chi connectivity index (χ4n) is 1.75. The number of benzene rings is 1. The molecule has 3 nitrogen and oxygen atoms in total. The van der Waals surface area contributed by atoms with Gasteiger partial charge in [0.15, 0.2) is 0 Å². The van der Waals surface area contributed by atoms with Crippen LogP contribution < -0.4 is 0 Å². The standard InChI is InChI=1S/C13H13NO2S/c1-9-4-2-3-5-10(9)8-11(13(15)16)12-14-6-7-17-12/h2-7,11H,8H2,1H3,(H,15,16). The Kier molecular flexibility index (Phi) is 3.54. The largest absolute Gasteiger partial charge is 0.481 e. The fraction of sp³-hybridized carbons (Fsp3) is 0.231. The van der Waals surface area contributed by atoms with Crippen LogP contribution in [0.1, 0.15) is 22.1 Å². The lowest BCUT2D eigenvalue weighted by atomic mass is 9.97. The van der Waals surface area contributed by atoms with Crippen LogP contribution in [0, 0.1) is 6.92 Å². The Hall–Kier alpha value is -1.68. The summed E-state index contributed by atoms with van der Waals surface area (Å²) in [5.74, 6) is -1.36. The highest BCUT2D eigenvalue weighted by atomic mass is 32.1. The molecule has 1 atom stereocenters. The van der Waals surface area contributed by atoms with Crippen LogP contribution in [0.15, 0.2) is 35.8 Å². The molecule has 0 saturated heterocycles. The molecule has 88 valence electrons. The molecule has 0 radical (unpaired) electrons. The molecule has 0 bridgehead atoms. The minimum Gasteiger partial charge on any atom is -0.481 e. The molecule has 0 aliphatic carbocycles. The Labute approximate surface area is 104 Å². The number of carboxylic acid groups (broad SMARTS) is 1. The predicted molar refractivity (Wildman–Crippen MR) is 67.4 cm³/mol. The maximum absolute atomic E-state index is 11.3. The second-order valence-electron chi connectivity index (χ2n) is 3.89. The zero-order valence-electron chi connectivity index (χ0n) is 9.46. The van der Waals surface area contributed by atoms with E-state index in [1.165, 1.54) is 11.3 Å². The average molecular weight is 247 g/mol. The first-order valence-corrected chi connectivity index (χ1v) is 6.23. The van der Waals surface area contributed by atoms with Crippen molar-refractivity contribution in [3.05, 3.63) is 52.0 Å². The summed E-state index contributed by atoms with van der Waals surface area (Å²) >= 11 is 1.39. The summed E-state index contributed by atoms with van der Waals surface area (Å²) in [6, 6.07) is 7.86. The summed E-state index contributed by atoms with van der Waals surface area (Å²) in [5, 5.41) is 11.7. The first kappa shape index (κ1) is 11.8. The summed E-state index contributed by atoms with van der Waals surface area (Å²) in [6.07, 6.45) is 2.14. The average Bonchev–Trinajstić information content (AvgIpc) is 2.81. The highest BCUT2D eigenvalue weighted by Gasteiger charge is 2.23. The van der Waals surface area contributed by atoms with Crippen molar-refractivity contribution in [3.8, 4) is 0 Å². The van der Waals surface area contributed by atoms with Crippen molar-refractivity contribution in [2.24, 2.45) is 0 Å². The van der Waals surface area contributed by atoms with Crippen molar-refractivity contribution in [1.29, 1.82) is 0 Å². The third kappa shape index (κ3) is 2.71. The number of aryl methyl sites for hydroxylation is 1. The summed E-state index contributed by atoms with van der Waals surface area (Å²) in [7, 11) is 0. The predicted octanol–water partition coefficient (Wildman–Crippen LogP) is 2.86. The maximum Gasteiger partial charge on any atom is 0.313 e. The summed E-state index contributed by atoms with van der Waals surface area (Å²) in [6.45, 7) is 2.00. The van der Waals surface area contributed by atoms with E-state index < -0.39 is 11.9 Å². The molecular weight excluding hydrogens is 234 g/mol. The van der Waals surface area contributed by atoms with Crippen molar-refractivity contribution < 1.29 is 9.90 Å². The molecule has 1 N–H and O–H groups in total. The normalized spacial score (nSPS) is 12.3. The quantitative estimate of drug-likeness (QED) is 0.903. The Morgan fingerprint density at radius 1 is 1.47 bits per heavy atom. The van der Waals surface area contributed by atoms with Crippen LogP contribution in [-0.2, 0) is 11.2 Å². The van der Waals surface area contributed by atoms with E-state index in [-0.39, 0.29) is 0 Å². The summed E-state index contributed by atoms with van der Waals surface area (Å²) in [4.78, 5) is 15.4. The van der Waals surface area contributed by atoms with E-state index in [9.17, 15) is 9.90 Å². The first-order chi connectivity index (χ1) is 8.18. The van der Waals surface area contributed by atoms with Crippen LogP contribution in [0.2, 0.25) is 0 Å². The molecule has 0 aliphatic rings. The van der Waals surface area contributed by atoms with Crippen molar-refractivity contribution >= 4 is 17.3 Å². The molecule has 2 rings (SSSR count). The Bertz CT molecular complexity index is 508. The van der Waals surface area contributed by atoms with E-state index in [0.29, 0.717) is 11.4 Å². The Morgan fingerprint density at radius 2 is 2.24 bits per heavy atom. The topological polar surface area (TPSA) is 50.2 Å². The molecule has 0 spiro atoms. The zero-order chi connectivity index (χ0) is 12.3. The van der Waals surface area contributed by atoms with Crippen molar-refractivity contribution in [1.82, 2.24) is 4.98 Å². The van der Waals surface area contributed by atoms with Gasteiger partial charge in [-0.2, -0.15) is 0 Å². The molecule has 1 unspecified atom stereocenters. The van der Waals surface area contributed by atoms with E-state index in [1.54, 1.807) is 6.20 Å². The molecule has 1 heterocycles. The third-order valence-electron chi connectivity index (χ3n) is 2.73. The van der Waals surface area contributed by atoms with Gasteiger partial charge in [0.05, 0.1) is 0 Å². The van der Waals surface area contributed by atoms with Crippen LogP contribution in [0.25, 0.3) is 0 Å². The minimum absolute atomic E-state index is 0.496. The van der Waals surface area contributed by atoms with E-state index in [0.717, 1.165) is 11.1 Å². The van der Waals surface area contributed by atoms with E-state index in [2.05, 4.69) is 4.98 Å². The molecule has 4 heteroatoms. The van der Waals surface area contributed by atoms with Gasteiger partial charge in [-0.3, -0.25) is 4.79 Å². The van der Waals surface area contributed by atoms with Gasteiger partial charge in [0.2, 0.25) is 0 Å². The number of nitrogens with zero attached hydrogens (tertiary/aromatic N) is 1. The molecule has 1 aromatic heterocycles. The minimum atomic E-state index is -0.816. The number of carboxylic acids is 1. The van der Waals surface area contributed by atoms with Crippen LogP contribution in [0.5, 0.6) is 0 Å². The van der Waals surface area contributed by atoms with Gasteiger partial charge in [0.25, 0.3) is 0 Å². The maximum atomic E-state index is 11.3. The van der Waals surface area contributed by atoms with E-state index in [4.69, 9.17) is 0 Å². The van der Waals surface area contributed by atoms with Crippen LogP contribution >= 0.6 is 11.3 Å². The molecular formula is C13H13NO2S. The lowest BCUT2D eigenvalue weighted by Gasteiger charge is -2.11. The number of rotatable bonds is 4. The molecule has 0 fully saturated rings. The molecule has 2 aromatic rings. The van der Waals surface area contributed by atoms with Crippen LogP contribution in [0.4, 0.5) is 0 Å². The van der Waals surface area contributed by atoms with Gasteiger partial charge in [-0.1, -0.05) is 24.3 Å². The van der Waals surface area contributed by atoms with Crippen LogP contribution in [-0.4, -0.2) is 16.1 Å².